The molecule has 0 bridgehead atoms. The lowest BCUT2D eigenvalue weighted by atomic mass is 10.1. The SMILES string of the molecule is COc1ccc(CCNCc2ccc(O)c(O)c2)cc1ON. The first-order chi connectivity index (χ1) is 10.6. The van der Waals surface area contributed by atoms with Gasteiger partial charge in [0.25, 0.3) is 0 Å². The predicted molar refractivity (Wildman–Crippen MR) is 83.0 cm³/mol. The number of methoxy groups -OCH3 is 1. The van der Waals surface area contributed by atoms with Crippen LogP contribution in [-0.4, -0.2) is 23.9 Å². The maximum atomic E-state index is 9.43. The van der Waals surface area contributed by atoms with Crippen LogP contribution in [0.1, 0.15) is 11.1 Å². The van der Waals surface area contributed by atoms with E-state index in [1.54, 1.807) is 13.2 Å². The van der Waals surface area contributed by atoms with Crippen LogP contribution >= 0.6 is 0 Å². The quantitative estimate of drug-likeness (QED) is 0.353. The molecule has 0 spiro atoms. The van der Waals surface area contributed by atoms with E-state index in [-0.39, 0.29) is 11.5 Å². The number of hydrogen-bond acceptors (Lipinski definition) is 6. The minimum Gasteiger partial charge on any atom is -0.504 e. The Bertz CT molecular complexity index is 632. The van der Waals surface area contributed by atoms with Gasteiger partial charge in [0.1, 0.15) is 0 Å². The third kappa shape index (κ3) is 4.03. The van der Waals surface area contributed by atoms with Crippen LogP contribution in [0.3, 0.4) is 0 Å². The highest BCUT2D eigenvalue weighted by atomic mass is 16.6. The summed E-state index contributed by atoms with van der Waals surface area (Å²) in [5.41, 5.74) is 1.97. The van der Waals surface area contributed by atoms with E-state index in [4.69, 9.17) is 15.5 Å². The summed E-state index contributed by atoms with van der Waals surface area (Å²) in [6, 6.07) is 10.4. The molecule has 6 heteroatoms. The summed E-state index contributed by atoms with van der Waals surface area (Å²) in [6.07, 6.45) is 0.796. The number of phenolic OH excluding ortho intramolecular Hbond substituents is 2. The number of aromatic hydroxyl groups is 2. The summed E-state index contributed by atoms with van der Waals surface area (Å²) in [7, 11) is 1.56. The molecule has 5 N–H and O–H groups in total. The standard InChI is InChI=1S/C16H20N2O4/c1-21-15-5-3-11(9-16(15)22-17)6-7-18-10-12-2-4-13(19)14(20)8-12/h2-5,8-9,18-20H,6-7,10,17H2,1H3. The number of phenols is 2. The first-order valence-electron chi connectivity index (χ1n) is 6.89. The van der Waals surface area contributed by atoms with E-state index in [0.717, 1.165) is 24.1 Å². The van der Waals surface area contributed by atoms with Crippen molar-refractivity contribution in [1.82, 2.24) is 5.32 Å². The third-order valence-electron chi connectivity index (χ3n) is 3.31. The summed E-state index contributed by atoms with van der Waals surface area (Å²) in [4.78, 5) is 4.78. The van der Waals surface area contributed by atoms with Crippen LogP contribution in [-0.2, 0) is 13.0 Å². The zero-order valence-corrected chi connectivity index (χ0v) is 12.4. The van der Waals surface area contributed by atoms with Gasteiger partial charge in [0, 0.05) is 6.54 Å². The van der Waals surface area contributed by atoms with Crippen molar-refractivity contribution in [2.24, 2.45) is 5.90 Å². The molecule has 0 unspecified atom stereocenters. The minimum atomic E-state index is -0.115. The molecule has 22 heavy (non-hydrogen) atoms. The fourth-order valence-electron chi connectivity index (χ4n) is 2.11. The van der Waals surface area contributed by atoms with Crippen molar-refractivity contribution in [2.45, 2.75) is 13.0 Å². The average Bonchev–Trinajstić information content (AvgIpc) is 2.54. The molecule has 2 aromatic rings. The van der Waals surface area contributed by atoms with Crippen molar-refractivity contribution in [2.75, 3.05) is 13.7 Å². The van der Waals surface area contributed by atoms with E-state index in [1.165, 1.54) is 12.1 Å². The van der Waals surface area contributed by atoms with E-state index in [0.29, 0.717) is 18.0 Å². The van der Waals surface area contributed by atoms with Crippen molar-refractivity contribution in [3.63, 3.8) is 0 Å². The highest BCUT2D eigenvalue weighted by Gasteiger charge is 2.05. The Hall–Kier alpha value is -2.44. The van der Waals surface area contributed by atoms with Crippen LogP contribution in [0.25, 0.3) is 0 Å². The van der Waals surface area contributed by atoms with Crippen LogP contribution in [0.15, 0.2) is 36.4 Å². The molecule has 0 atom stereocenters. The van der Waals surface area contributed by atoms with Gasteiger partial charge < -0.3 is 25.1 Å². The van der Waals surface area contributed by atoms with Gasteiger partial charge in [0.05, 0.1) is 7.11 Å². The maximum absolute atomic E-state index is 9.43. The zero-order valence-electron chi connectivity index (χ0n) is 12.4. The third-order valence-corrected chi connectivity index (χ3v) is 3.31. The largest absolute Gasteiger partial charge is 0.504 e. The van der Waals surface area contributed by atoms with Gasteiger partial charge in [-0.1, -0.05) is 12.1 Å². The van der Waals surface area contributed by atoms with Crippen molar-refractivity contribution in [3.05, 3.63) is 47.5 Å². The molecule has 0 aliphatic rings. The Morgan fingerprint density at radius 3 is 2.45 bits per heavy atom. The fourth-order valence-corrected chi connectivity index (χ4v) is 2.11. The number of rotatable bonds is 7. The molecule has 0 saturated heterocycles. The Morgan fingerprint density at radius 2 is 1.77 bits per heavy atom. The lowest BCUT2D eigenvalue weighted by Crippen LogP contribution is -2.16. The minimum absolute atomic E-state index is 0.112. The van der Waals surface area contributed by atoms with Crippen LogP contribution in [0, 0.1) is 0 Å². The van der Waals surface area contributed by atoms with Crippen LogP contribution in [0.4, 0.5) is 0 Å². The summed E-state index contributed by atoms with van der Waals surface area (Å²) in [5, 5.41) is 21.9. The highest BCUT2D eigenvalue weighted by molar-refractivity contribution is 5.43. The number of ether oxygens (including phenoxy) is 1. The van der Waals surface area contributed by atoms with Crippen LogP contribution in [0.5, 0.6) is 23.0 Å². The fraction of sp³-hybridized carbons (Fsp3) is 0.250. The van der Waals surface area contributed by atoms with E-state index in [1.807, 2.05) is 18.2 Å². The molecule has 0 radical (unpaired) electrons. The Labute approximate surface area is 129 Å². The lowest BCUT2D eigenvalue weighted by molar-refractivity contribution is 0.305. The van der Waals surface area contributed by atoms with Gasteiger partial charge in [-0.15, -0.1) is 0 Å². The van der Waals surface area contributed by atoms with Gasteiger partial charge in [0.15, 0.2) is 23.0 Å². The molecule has 0 aromatic heterocycles. The first-order valence-corrected chi connectivity index (χ1v) is 6.89. The highest BCUT2D eigenvalue weighted by Crippen LogP contribution is 2.27. The summed E-state index contributed by atoms with van der Waals surface area (Å²) in [5.74, 6) is 6.09. The topological polar surface area (TPSA) is 97.0 Å². The van der Waals surface area contributed by atoms with Crippen molar-refractivity contribution in [3.8, 4) is 23.0 Å². The Morgan fingerprint density at radius 1 is 1.00 bits per heavy atom. The first kappa shape index (κ1) is 15.9. The Kier molecular flexibility index (Phi) is 5.46. The van der Waals surface area contributed by atoms with Gasteiger partial charge in [0.2, 0.25) is 0 Å². The number of benzene rings is 2. The number of hydrogen-bond donors (Lipinski definition) is 4. The average molecular weight is 304 g/mol. The number of nitrogens with one attached hydrogen (secondary N) is 1. The second-order valence-corrected chi connectivity index (χ2v) is 4.85. The monoisotopic (exact) mass is 304 g/mol. The Balaban J connectivity index is 1.84. The van der Waals surface area contributed by atoms with Gasteiger partial charge in [-0.25, -0.2) is 0 Å². The van der Waals surface area contributed by atoms with Crippen molar-refractivity contribution >= 4 is 0 Å². The van der Waals surface area contributed by atoms with E-state index in [2.05, 4.69) is 5.32 Å². The molecule has 118 valence electrons. The van der Waals surface area contributed by atoms with Crippen LogP contribution < -0.4 is 20.8 Å². The lowest BCUT2D eigenvalue weighted by Gasteiger charge is -2.09. The molecule has 0 saturated carbocycles. The normalized spacial score (nSPS) is 10.5. The predicted octanol–water partition coefficient (Wildman–Crippen LogP) is 1.69. The van der Waals surface area contributed by atoms with E-state index < -0.39 is 0 Å². The smallest absolute Gasteiger partial charge is 0.188 e. The molecule has 0 fully saturated rings. The summed E-state index contributed by atoms with van der Waals surface area (Å²) in [6.45, 7) is 1.35. The molecular weight excluding hydrogens is 284 g/mol. The molecule has 0 amide bonds. The van der Waals surface area contributed by atoms with E-state index in [9.17, 15) is 10.2 Å². The van der Waals surface area contributed by atoms with Crippen LogP contribution in [0.2, 0.25) is 0 Å². The van der Waals surface area contributed by atoms with Gasteiger partial charge in [-0.2, -0.15) is 5.90 Å². The zero-order chi connectivity index (χ0) is 15.9. The van der Waals surface area contributed by atoms with Gasteiger partial charge >= 0.3 is 0 Å². The van der Waals surface area contributed by atoms with Crippen molar-refractivity contribution < 1.29 is 19.8 Å². The molecule has 0 aliphatic carbocycles. The second kappa shape index (κ2) is 7.53. The van der Waals surface area contributed by atoms with Gasteiger partial charge in [-0.05, 0) is 48.4 Å². The van der Waals surface area contributed by atoms with E-state index >= 15 is 0 Å². The molecular formula is C16H20N2O4. The second-order valence-electron chi connectivity index (χ2n) is 4.85. The summed E-state index contributed by atoms with van der Waals surface area (Å²) >= 11 is 0. The summed E-state index contributed by atoms with van der Waals surface area (Å²) < 4.78 is 5.13. The molecule has 2 rings (SSSR count). The molecule has 0 aliphatic heterocycles. The van der Waals surface area contributed by atoms with Crippen molar-refractivity contribution in [1.29, 1.82) is 0 Å². The molecule has 0 heterocycles. The maximum Gasteiger partial charge on any atom is 0.188 e. The van der Waals surface area contributed by atoms with Gasteiger partial charge in [-0.3, -0.25) is 0 Å². The molecule has 2 aromatic carbocycles. The molecule has 6 nitrogen and oxygen atoms in total. The number of nitrogens with two attached hydrogens (primary N) is 1.